The standard InChI is InChI=1S/C19H17BrFN3O/c1-4-10-24(22-12-15-8-9-16(20)11-17(15)21)19(25)23-18-13(2)6-5-7-14(18)3/h1,5-9,11-12H,10H2,2-3H3,(H,23,25)/b22-12+. The summed E-state index contributed by atoms with van der Waals surface area (Å²) in [6, 6.07) is 9.79. The summed E-state index contributed by atoms with van der Waals surface area (Å²) in [5.41, 5.74) is 2.82. The molecule has 0 bridgehead atoms. The fraction of sp³-hybridized carbons (Fsp3) is 0.158. The van der Waals surface area contributed by atoms with Crippen LogP contribution in [0.4, 0.5) is 14.9 Å². The van der Waals surface area contributed by atoms with E-state index in [0.717, 1.165) is 16.1 Å². The first-order chi connectivity index (χ1) is 11.9. The number of para-hydroxylation sites is 1. The molecule has 128 valence electrons. The second-order valence-corrected chi connectivity index (χ2v) is 6.28. The Morgan fingerprint density at radius 1 is 1.36 bits per heavy atom. The maximum atomic E-state index is 13.9. The molecule has 2 rings (SSSR count). The summed E-state index contributed by atoms with van der Waals surface area (Å²) in [6.07, 6.45) is 6.58. The molecule has 0 atom stereocenters. The molecule has 0 aliphatic rings. The highest BCUT2D eigenvalue weighted by molar-refractivity contribution is 9.10. The molecule has 1 N–H and O–H groups in total. The zero-order valence-corrected chi connectivity index (χ0v) is 15.5. The number of hydrazone groups is 1. The molecule has 0 aliphatic carbocycles. The van der Waals surface area contributed by atoms with Gasteiger partial charge in [-0.05, 0) is 43.2 Å². The summed E-state index contributed by atoms with van der Waals surface area (Å²) in [7, 11) is 0. The molecule has 0 heterocycles. The summed E-state index contributed by atoms with van der Waals surface area (Å²) in [5, 5.41) is 7.90. The van der Waals surface area contributed by atoms with E-state index in [1.807, 2.05) is 32.0 Å². The first-order valence-electron chi connectivity index (χ1n) is 7.49. The summed E-state index contributed by atoms with van der Waals surface area (Å²) in [6.45, 7) is 3.76. The van der Waals surface area contributed by atoms with Gasteiger partial charge in [0.25, 0.3) is 0 Å². The van der Waals surface area contributed by atoms with Gasteiger partial charge in [-0.1, -0.05) is 40.0 Å². The monoisotopic (exact) mass is 401 g/mol. The third-order valence-corrected chi connectivity index (χ3v) is 3.98. The summed E-state index contributed by atoms with van der Waals surface area (Å²) >= 11 is 3.19. The molecule has 0 fully saturated rings. The topological polar surface area (TPSA) is 44.7 Å². The molecule has 2 amide bonds. The number of carbonyl (C=O) groups excluding carboxylic acids is 1. The van der Waals surface area contributed by atoms with Crippen molar-refractivity contribution in [2.75, 3.05) is 11.9 Å². The highest BCUT2D eigenvalue weighted by Crippen LogP contribution is 2.20. The summed E-state index contributed by atoms with van der Waals surface area (Å²) in [5.74, 6) is 1.92. The lowest BCUT2D eigenvalue weighted by molar-refractivity contribution is 0.220. The smallest absolute Gasteiger partial charge is 0.306 e. The molecule has 0 unspecified atom stereocenters. The van der Waals surface area contributed by atoms with E-state index in [2.05, 4.69) is 32.3 Å². The molecule has 0 aliphatic heterocycles. The van der Waals surface area contributed by atoms with E-state index in [9.17, 15) is 9.18 Å². The van der Waals surface area contributed by atoms with Crippen molar-refractivity contribution in [3.05, 3.63) is 63.4 Å². The van der Waals surface area contributed by atoms with E-state index in [1.165, 1.54) is 12.3 Å². The fourth-order valence-corrected chi connectivity index (χ4v) is 2.51. The van der Waals surface area contributed by atoms with E-state index < -0.39 is 11.8 Å². The minimum absolute atomic E-state index is 0.0363. The number of nitrogens with one attached hydrogen (secondary N) is 1. The molecular weight excluding hydrogens is 385 g/mol. The SMILES string of the molecule is C#CCN(/N=C/c1ccc(Br)cc1F)C(=O)Nc1c(C)cccc1C. The highest BCUT2D eigenvalue weighted by atomic mass is 79.9. The highest BCUT2D eigenvalue weighted by Gasteiger charge is 2.14. The van der Waals surface area contributed by atoms with E-state index in [4.69, 9.17) is 6.42 Å². The Morgan fingerprint density at radius 2 is 2.04 bits per heavy atom. The largest absolute Gasteiger partial charge is 0.343 e. The predicted molar refractivity (Wildman–Crippen MR) is 102 cm³/mol. The van der Waals surface area contributed by atoms with Crippen LogP contribution in [-0.2, 0) is 0 Å². The maximum Gasteiger partial charge on any atom is 0.343 e. The minimum atomic E-state index is -0.482. The van der Waals surface area contributed by atoms with Gasteiger partial charge in [0.15, 0.2) is 0 Å². The Balaban J connectivity index is 2.21. The van der Waals surface area contributed by atoms with E-state index in [0.29, 0.717) is 10.2 Å². The van der Waals surface area contributed by atoms with Crippen LogP contribution in [0.2, 0.25) is 0 Å². The Labute approximate surface area is 154 Å². The van der Waals surface area contributed by atoms with Crippen LogP contribution in [0.3, 0.4) is 0 Å². The van der Waals surface area contributed by atoms with Gasteiger partial charge in [-0.3, -0.25) is 0 Å². The average molecular weight is 402 g/mol. The van der Waals surface area contributed by atoms with Gasteiger partial charge < -0.3 is 5.32 Å². The van der Waals surface area contributed by atoms with Crippen LogP contribution in [0, 0.1) is 32.0 Å². The summed E-state index contributed by atoms with van der Waals surface area (Å²) < 4.78 is 14.5. The molecule has 6 heteroatoms. The van der Waals surface area contributed by atoms with E-state index >= 15 is 0 Å². The lowest BCUT2D eigenvalue weighted by atomic mass is 10.1. The molecule has 0 aromatic heterocycles. The van der Waals surface area contributed by atoms with Crippen molar-refractivity contribution in [3.8, 4) is 12.3 Å². The number of rotatable bonds is 4. The van der Waals surface area contributed by atoms with Crippen LogP contribution in [0.1, 0.15) is 16.7 Å². The predicted octanol–water partition coefficient (Wildman–Crippen LogP) is 4.71. The van der Waals surface area contributed by atoms with Crippen LogP contribution < -0.4 is 5.32 Å². The number of benzene rings is 2. The van der Waals surface area contributed by atoms with Gasteiger partial charge in [0.05, 0.1) is 6.21 Å². The molecule has 0 radical (unpaired) electrons. The number of hydrogen-bond acceptors (Lipinski definition) is 2. The number of halogens is 2. The Hall–Kier alpha value is -2.65. The number of amides is 2. The Morgan fingerprint density at radius 3 is 2.64 bits per heavy atom. The van der Waals surface area contributed by atoms with Gasteiger partial charge in [0.2, 0.25) is 0 Å². The van der Waals surface area contributed by atoms with Crippen molar-refractivity contribution in [3.63, 3.8) is 0 Å². The number of hydrogen-bond donors (Lipinski definition) is 1. The van der Waals surface area contributed by atoms with Crippen molar-refractivity contribution in [2.24, 2.45) is 5.10 Å². The second kappa shape index (κ2) is 8.45. The van der Waals surface area contributed by atoms with Crippen LogP contribution in [0.25, 0.3) is 0 Å². The van der Waals surface area contributed by atoms with Crippen molar-refractivity contribution in [1.82, 2.24) is 5.01 Å². The number of carbonyl (C=O) groups is 1. The molecule has 2 aromatic carbocycles. The molecule has 25 heavy (non-hydrogen) atoms. The van der Waals surface area contributed by atoms with Crippen molar-refractivity contribution < 1.29 is 9.18 Å². The molecular formula is C19H17BrFN3O. The van der Waals surface area contributed by atoms with Gasteiger partial charge in [-0.2, -0.15) is 5.10 Å². The summed E-state index contributed by atoms with van der Waals surface area (Å²) in [4.78, 5) is 12.5. The average Bonchev–Trinajstić information content (AvgIpc) is 2.56. The Kier molecular flexibility index (Phi) is 6.31. The third-order valence-electron chi connectivity index (χ3n) is 3.49. The second-order valence-electron chi connectivity index (χ2n) is 5.37. The molecule has 0 saturated heterocycles. The van der Waals surface area contributed by atoms with Crippen LogP contribution in [0.15, 0.2) is 46.0 Å². The van der Waals surface area contributed by atoms with Gasteiger partial charge in [-0.25, -0.2) is 14.2 Å². The number of terminal acetylenes is 1. The van der Waals surface area contributed by atoms with Crippen molar-refractivity contribution in [1.29, 1.82) is 0 Å². The zero-order chi connectivity index (χ0) is 18.4. The number of urea groups is 1. The molecule has 4 nitrogen and oxygen atoms in total. The first-order valence-corrected chi connectivity index (χ1v) is 8.29. The molecule has 2 aromatic rings. The fourth-order valence-electron chi connectivity index (χ4n) is 2.17. The van der Waals surface area contributed by atoms with Gasteiger partial charge >= 0.3 is 6.03 Å². The number of aryl methyl sites for hydroxylation is 2. The maximum absolute atomic E-state index is 13.9. The quantitative estimate of drug-likeness (QED) is 0.450. The van der Waals surface area contributed by atoms with Gasteiger partial charge in [-0.15, -0.1) is 6.42 Å². The zero-order valence-electron chi connectivity index (χ0n) is 13.9. The Bertz CT molecular complexity index is 838. The normalized spacial score (nSPS) is 10.5. The van der Waals surface area contributed by atoms with Crippen LogP contribution in [-0.4, -0.2) is 23.8 Å². The minimum Gasteiger partial charge on any atom is -0.306 e. The number of nitrogens with zero attached hydrogens (tertiary/aromatic N) is 2. The van der Waals surface area contributed by atoms with E-state index in [1.54, 1.807) is 12.1 Å². The van der Waals surface area contributed by atoms with Gasteiger partial charge in [0, 0.05) is 15.7 Å². The first kappa shape index (κ1) is 18.7. The van der Waals surface area contributed by atoms with Crippen LogP contribution in [0.5, 0.6) is 0 Å². The third kappa shape index (κ3) is 4.91. The van der Waals surface area contributed by atoms with E-state index in [-0.39, 0.29) is 12.1 Å². The number of anilines is 1. The lowest BCUT2D eigenvalue weighted by Crippen LogP contribution is -2.31. The van der Waals surface area contributed by atoms with Gasteiger partial charge in [0.1, 0.15) is 12.4 Å². The lowest BCUT2D eigenvalue weighted by Gasteiger charge is -2.17. The molecule has 0 spiro atoms. The van der Waals surface area contributed by atoms with Crippen LogP contribution >= 0.6 is 15.9 Å². The molecule has 0 saturated carbocycles. The van der Waals surface area contributed by atoms with Crippen molar-refractivity contribution >= 4 is 33.9 Å². The van der Waals surface area contributed by atoms with Crippen molar-refractivity contribution in [2.45, 2.75) is 13.8 Å².